The summed E-state index contributed by atoms with van der Waals surface area (Å²) in [6.07, 6.45) is 1.86. The average molecular weight is 516 g/mol. The number of para-hydroxylation sites is 2. The second-order valence-electron chi connectivity index (χ2n) is 8.65. The molecule has 2 unspecified atom stereocenters. The predicted molar refractivity (Wildman–Crippen MR) is 149 cm³/mol. The van der Waals surface area contributed by atoms with Crippen LogP contribution in [-0.2, 0) is 4.79 Å². The number of anilines is 1. The molecule has 0 radical (unpaired) electrons. The lowest BCUT2D eigenvalue weighted by Crippen LogP contribution is -2.33. The topological polar surface area (TPSA) is 75.0 Å². The molecule has 0 aliphatic rings. The molecule has 0 saturated carbocycles. The van der Waals surface area contributed by atoms with Crippen molar-refractivity contribution in [1.29, 1.82) is 5.26 Å². The second kappa shape index (κ2) is 12.1. The summed E-state index contributed by atoms with van der Waals surface area (Å²) in [6.45, 7) is 6.13. The SMILES string of the molecule is CCCCC(Oc1ccc(C)cc1C)C(=O)Nc1ccccc1SC(C#N)c1nc2ccccc2s1. The van der Waals surface area contributed by atoms with Gasteiger partial charge in [-0.1, -0.05) is 67.1 Å². The average Bonchev–Trinajstić information content (AvgIpc) is 3.31. The van der Waals surface area contributed by atoms with Gasteiger partial charge in [0.05, 0.1) is 22.0 Å². The first kappa shape index (κ1) is 25.7. The van der Waals surface area contributed by atoms with Crippen molar-refractivity contribution in [3.63, 3.8) is 0 Å². The van der Waals surface area contributed by atoms with E-state index >= 15 is 0 Å². The molecular weight excluding hydrogens is 486 g/mol. The number of ether oxygens (including phenoxy) is 1. The van der Waals surface area contributed by atoms with Crippen LogP contribution in [0.15, 0.2) is 71.6 Å². The van der Waals surface area contributed by atoms with Gasteiger partial charge in [0, 0.05) is 4.90 Å². The number of carbonyl (C=O) groups is 1. The number of aromatic nitrogens is 1. The number of nitrogens with zero attached hydrogens (tertiary/aromatic N) is 2. The van der Waals surface area contributed by atoms with Crippen molar-refractivity contribution in [1.82, 2.24) is 4.98 Å². The van der Waals surface area contributed by atoms with Gasteiger partial charge < -0.3 is 10.1 Å². The number of rotatable bonds is 10. The third kappa shape index (κ3) is 6.26. The minimum Gasteiger partial charge on any atom is -0.480 e. The minimum absolute atomic E-state index is 0.190. The standard InChI is InChI=1S/C29H29N3O2S2/c1-4-5-12-24(34-23-16-15-19(2)17-20(23)3)28(33)31-21-10-6-8-13-25(21)35-27(18-30)29-32-22-11-7-9-14-26(22)36-29/h6-11,13-17,24,27H,4-5,12H2,1-3H3,(H,31,33). The van der Waals surface area contributed by atoms with Crippen molar-refractivity contribution in [3.8, 4) is 11.8 Å². The highest BCUT2D eigenvalue weighted by atomic mass is 32.2. The number of nitriles is 1. The molecule has 3 aromatic carbocycles. The Morgan fingerprint density at radius 2 is 1.92 bits per heavy atom. The number of hydrogen-bond acceptors (Lipinski definition) is 6. The quantitative estimate of drug-likeness (QED) is 0.218. The summed E-state index contributed by atoms with van der Waals surface area (Å²) in [5.41, 5.74) is 3.72. The summed E-state index contributed by atoms with van der Waals surface area (Å²) >= 11 is 2.92. The van der Waals surface area contributed by atoms with Gasteiger partial charge in [0.15, 0.2) is 6.10 Å². The highest BCUT2D eigenvalue weighted by Crippen LogP contribution is 2.41. The lowest BCUT2D eigenvalue weighted by Gasteiger charge is -2.21. The molecule has 0 bridgehead atoms. The normalized spacial score (nSPS) is 12.6. The van der Waals surface area contributed by atoms with E-state index in [2.05, 4.69) is 29.4 Å². The Morgan fingerprint density at radius 1 is 1.14 bits per heavy atom. The molecule has 7 heteroatoms. The summed E-state index contributed by atoms with van der Waals surface area (Å²) in [6, 6.07) is 23.8. The number of unbranched alkanes of at least 4 members (excludes halogenated alkanes) is 1. The zero-order valence-corrected chi connectivity index (χ0v) is 22.3. The van der Waals surface area contributed by atoms with Gasteiger partial charge in [0.2, 0.25) is 0 Å². The number of carbonyl (C=O) groups excluding carboxylic acids is 1. The molecule has 1 heterocycles. The van der Waals surface area contributed by atoms with Crippen LogP contribution < -0.4 is 10.1 Å². The van der Waals surface area contributed by atoms with E-state index < -0.39 is 11.4 Å². The molecule has 1 aromatic heterocycles. The molecule has 0 fully saturated rings. The number of hydrogen-bond donors (Lipinski definition) is 1. The molecule has 184 valence electrons. The fraction of sp³-hybridized carbons (Fsp3) is 0.276. The number of thioether (sulfide) groups is 1. The molecule has 36 heavy (non-hydrogen) atoms. The Morgan fingerprint density at radius 3 is 2.67 bits per heavy atom. The molecular formula is C29H29N3O2S2. The van der Waals surface area contributed by atoms with Crippen molar-refractivity contribution >= 4 is 44.9 Å². The van der Waals surface area contributed by atoms with Crippen LogP contribution in [0.2, 0.25) is 0 Å². The Kier molecular flexibility index (Phi) is 8.63. The zero-order valence-electron chi connectivity index (χ0n) is 20.7. The zero-order chi connectivity index (χ0) is 25.5. The third-order valence-electron chi connectivity index (χ3n) is 5.75. The van der Waals surface area contributed by atoms with E-state index in [1.807, 2.05) is 74.5 Å². The van der Waals surface area contributed by atoms with Crippen molar-refractivity contribution in [2.75, 3.05) is 5.32 Å². The predicted octanol–water partition coefficient (Wildman–Crippen LogP) is 7.85. The van der Waals surface area contributed by atoms with Crippen LogP contribution in [0.5, 0.6) is 5.75 Å². The van der Waals surface area contributed by atoms with Crippen molar-refractivity contribution in [2.45, 2.75) is 56.3 Å². The highest BCUT2D eigenvalue weighted by molar-refractivity contribution is 8.00. The van der Waals surface area contributed by atoms with Gasteiger partial charge in [-0.15, -0.1) is 11.3 Å². The molecule has 2 atom stereocenters. The van der Waals surface area contributed by atoms with E-state index in [0.717, 1.165) is 49.8 Å². The lowest BCUT2D eigenvalue weighted by molar-refractivity contribution is -0.123. The first-order valence-electron chi connectivity index (χ1n) is 12.0. The Labute approximate surface area is 220 Å². The van der Waals surface area contributed by atoms with Gasteiger partial charge >= 0.3 is 0 Å². The maximum atomic E-state index is 13.4. The van der Waals surface area contributed by atoms with Crippen molar-refractivity contribution in [2.24, 2.45) is 0 Å². The van der Waals surface area contributed by atoms with Gasteiger partial charge in [-0.3, -0.25) is 4.79 Å². The van der Waals surface area contributed by atoms with Crippen LogP contribution in [0.25, 0.3) is 10.2 Å². The van der Waals surface area contributed by atoms with Crippen LogP contribution in [0, 0.1) is 25.2 Å². The van der Waals surface area contributed by atoms with E-state index in [9.17, 15) is 10.1 Å². The van der Waals surface area contributed by atoms with Gasteiger partial charge in [0.25, 0.3) is 5.91 Å². The molecule has 0 aliphatic heterocycles. The maximum absolute atomic E-state index is 13.4. The summed E-state index contributed by atoms with van der Waals surface area (Å²) in [5.74, 6) is 0.532. The first-order chi connectivity index (χ1) is 17.5. The number of amides is 1. The number of aryl methyl sites for hydroxylation is 2. The van der Waals surface area contributed by atoms with Crippen LogP contribution in [0.1, 0.15) is 47.6 Å². The Hall–Kier alpha value is -3.34. The van der Waals surface area contributed by atoms with Crippen LogP contribution in [0.4, 0.5) is 5.69 Å². The number of fused-ring (bicyclic) bond motifs is 1. The Bertz CT molecular complexity index is 1360. The first-order valence-corrected chi connectivity index (χ1v) is 13.7. The smallest absolute Gasteiger partial charge is 0.265 e. The molecule has 4 aromatic rings. The summed E-state index contributed by atoms with van der Waals surface area (Å²) in [7, 11) is 0. The third-order valence-corrected chi connectivity index (χ3v) is 8.18. The largest absolute Gasteiger partial charge is 0.480 e. The van der Waals surface area contributed by atoms with E-state index in [0.29, 0.717) is 12.1 Å². The molecule has 0 saturated heterocycles. The van der Waals surface area contributed by atoms with Gasteiger partial charge in [-0.05, 0) is 62.6 Å². The molecule has 5 nitrogen and oxygen atoms in total. The highest BCUT2D eigenvalue weighted by Gasteiger charge is 2.24. The maximum Gasteiger partial charge on any atom is 0.265 e. The van der Waals surface area contributed by atoms with E-state index in [1.54, 1.807) is 0 Å². The number of thiazole rings is 1. The van der Waals surface area contributed by atoms with Crippen molar-refractivity contribution in [3.05, 3.63) is 82.9 Å². The number of benzene rings is 3. The molecule has 4 rings (SSSR count). The van der Waals surface area contributed by atoms with E-state index in [-0.39, 0.29) is 5.91 Å². The fourth-order valence-corrected chi connectivity index (χ4v) is 5.91. The van der Waals surface area contributed by atoms with Gasteiger partial charge in [0.1, 0.15) is 16.0 Å². The fourth-order valence-electron chi connectivity index (χ4n) is 3.86. The van der Waals surface area contributed by atoms with Gasteiger partial charge in [-0.25, -0.2) is 4.98 Å². The van der Waals surface area contributed by atoms with Crippen LogP contribution in [0.3, 0.4) is 0 Å². The number of nitrogens with one attached hydrogen (secondary N) is 1. The van der Waals surface area contributed by atoms with Crippen LogP contribution in [-0.4, -0.2) is 17.0 Å². The monoisotopic (exact) mass is 515 g/mol. The van der Waals surface area contributed by atoms with E-state index in [4.69, 9.17) is 4.74 Å². The summed E-state index contributed by atoms with van der Waals surface area (Å²) < 4.78 is 7.25. The molecule has 0 aliphatic carbocycles. The van der Waals surface area contributed by atoms with E-state index in [1.165, 1.54) is 23.1 Å². The lowest BCUT2D eigenvalue weighted by atomic mass is 10.1. The summed E-state index contributed by atoms with van der Waals surface area (Å²) in [5, 5.41) is 13.3. The Balaban J connectivity index is 1.53. The van der Waals surface area contributed by atoms with Crippen LogP contribution >= 0.6 is 23.1 Å². The van der Waals surface area contributed by atoms with Gasteiger partial charge in [-0.2, -0.15) is 5.26 Å². The molecule has 1 N–H and O–H groups in total. The minimum atomic E-state index is -0.611. The van der Waals surface area contributed by atoms with Crippen molar-refractivity contribution < 1.29 is 9.53 Å². The molecule has 1 amide bonds. The summed E-state index contributed by atoms with van der Waals surface area (Å²) in [4.78, 5) is 18.9. The second-order valence-corrected chi connectivity index (χ2v) is 10.9. The molecule has 0 spiro atoms.